The Morgan fingerprint density at radius 3 is 2.55 bits per heavy atom. The second kappa shape index (κ2) is 6.29. The van der Waals surface area contributed by atoms with Crippen molar-refractivity contribution in [1.82, 2.24) is 4.90 Å². The van der Waals surface area contributed by atoms with Crippen LogP contribution < -0.4 is 0 Å². The number of rotatable bonds is 2. The second-order valence-corrected chi connectivity index (χ2v) is 7.35. The summed E-state index contributed by atoms with van der Waals surface area (Å²) < 4.78 is 0. The SMILES string of the molecule is CC(C)(C)C1C(C(=O)c2cccc(Cl)c2)CCCN1C(=O)O. The second-order valence-electron chi connectivity index (χ2n) is 6.91. The molecule has 1 aromatic rings. The number of halogens is 1. The van der Waals surface area contributed by atoms with Gasteiger partial charge in [-0.25, -0.2) is 4.79 Å². The highest BCUT2D eigenvalue weighted by Gasteiger charge is 2.44. The third-order valence-corrected chi connectivity index (χ3v) is 4.45. The summed E-state index contributed by atoms with van der Waals surface area (Å²) in [5.41, 5.74) is 0.247. The number of hydrogen-bond acceptors (Lipinski definition) is 2. The molecule has 1 aliphatic heterocycles. The Morgan fingerprint density at radius 2 is 2.00 bits per heavy atom. The van der Waals surface area contributed by atoms with Crippen LogP contribution in [0.15, 0.2) is 24.3 Å². The van der Waals surface area contributed by atoms with Gasteiger partial charge < -0.3 is 10.0 Å². The Hall–Kier alpha value is -1.55. The Morgan fingerprint density at radius 1 is 1.32 bits per heavy atom. The number of carbonyl (C=O) groups is 2. The number of likely N-dealkylation sites (tertiary alicyclic amines) is 1. The first-order valence-electron chi connectivity index (χ1n) is 7.51. The maximum atomic E-state index is 12.9. The van der Waals surface area contributed by atoms with Crippen molar-refractivity contribution in [2.75, 3.05) is 6.54 Å². The molecule has 0 spiro atoms. The van der Waals surface area contributed by atoms with E-state index in [-0.39, 0.29) is 23.2 Å². The molecule has 1 saturated heterocycles. The fourth-order valence-electron chi connectivity index (χ4n) is 3.41. The van der Waals surface area contributed by atoms with E-state index in [1.807, 2.05) is 20.8 Å². The van der Waals surface area contributed by atoms with Gasteiger partial charge in [0.2, 0.25) is 0 Å². The Bertz CT molecular complexity index is 580. The number of ketones is 1. The minimum atomic E-state index is -0.955. The molecule has 4 nitrogen and oxygen atoms in total. The molecule has 0 bridgehead atoms. The standard InChI is InChI=1S/C17H22ClNO3/c1-17(2,3)15-13(8-5-9-19(15)16(21)22)14(20)11-6-4-7-12(18)10-11/h4,6-7,10,13,15H,5,8-9H2,1-3H3,(H,21,22). The van der Waals surface area contributed by atoms with Crippen molar-refractivity contribution in [3.63, 3.8) is 0 Å². The van der Waals surface area contributed by atoms with Crippen molar-refractivity contribution >= 4 is 23.5 Å². The van der Waals surface area contributed by atoms with E-state index in [0.717, 1.165) is 0 Å². The molecule has 2 atom stereocenters. The summed E-state index contributed by atoms with van der Waals surface area (Å²) in [7, 11) is 0. The summed E-state index contributed by atoms with van der Waals surface area (Å²) in [6.07, 6.45) is 0.455. The van der Waals surface area contributed by atoms with Gasteiger partial charge in [0, 0.05) is 29.1 Å². The highest BCUT2D eigenvalue weighted by atomic mass is 35.5. The lowest BCUT2D eigenvalue weighted by atomic mass is 9.71. The van der Waals surface area contributed by atoms with Crippen LogP contribution >= 0.6 is 11.6 Å². The van der Waals surface area contributed by atoms with Gasteiger partial charge in [0.1, 0.15) is 0 Å². The summed E-state index contributed by atoms with van der Waals surface area (Å²) in [6, 6.07) is 6.55. The molecule has 0 radical (unpaired) electrons. The quantitative estimate of drug-likeness (QED) is 0.824. The van der Waals surface area contributed by atoms with Crippen LogP contribution in [-0.2, 0) is 0 Å². The molecular weight excluding hydrogens is 302 g/mol. The van der Waals surface area contributed by atoms with Gasteiger partial charge in [0.25, 0.3) is 0 Å². The van der Waals surface area contributed by atoms with E-state index < -0.39 is 6.09 Å². The molecule has 120 valence electrons. The molecule has 2 unspecified atom stereocenters. The molecule has 1 heterocycles. The van der Waals surface area contributed by atoms with Crippen molar-refractivity contribution in [1.29, 1.82) is 0 Å². The van der Waals surface area contributed by atoms with Crippen LogP contribution in [-0.4, -0.2) is 34.5 Å². The lowest BCUT2D eigenvalue weighted by Crippen LogP contribution is -2.56. The molecule has 0 saturated carbocycles. The first-order chi connectivity index (χ1) is 10.2. The van der Waals surface area contributed by atoms with E-state index in [4.69, 9.17) is 11.6 Å². The molecule has 1 fully saturated rings. The number of carboxylic acid groups (broad SMARTS) is 1. The van der Waals surface area contributed by atoms with Crippen LogP contribution in [0, 0.1) is 11.3 Å². The molecule has 1 aromatic carbocycles. The van der Waals surface area contributed by atoms with E-state index in [1.165, 1.54) is 4.90 Å². The molecule has 1 amide bonds. The number of nitrogens with zero attached hydrogens (tertiary/aromatic N) is 1. The molecule has 0 aliphatic carbocycles. The van der Waals surface area contributed by atoms with Gasteiger partial charge in [-0.2, -0.15) is 0 Å². The van der Waals surface area contributed by atoms with E-state index in [9.17, 15) is 14.7 Å². The average molecular weight is 324 g/mol. The third kappa shape index (κ3) is 3.43. The average Bonchev–Trinajstić information content (AvgIpc) is 2.44. The van der Waals surface area contributed by atoms with Crippen molar-refractivity contribution in [3.05, 3.63) is 34.9 Å². The summed E-state index contributed by atoms with van der Waals surface area (Å²) in [4.78, 5) is 25.9. The van der Waals surface area contributed by atoms with E-state index >= 15 is 0 Å². The summed E-state index contributed by atoms with van der Waals surface area (Å²) in [5, 5.41) is 10.00. The maximum Gasteiger partial charge on any atom is 0.407 e. The molecule has 22 heavy (non-hydrogen) atoms. The highest BCUT2D eigenvalue weighted by molar-refractivity contribution is 6.31. The van der Waals surface area contributed by atoms with E-state index in [1.54, 1.807) is 24.3 Å². The number of benzene rings is 1. The van der Waals surface area contributed by atoms with Crippen LogP contribution in [0.25, 0.3) is 0 Å². The Kier molecular flexibility index (Phi) is 4.81. The minimum absolute atomic E-state index is 0.0200. The van der Waals surface area contributed by atoms with Crippen LogP contribution in [0.1, 0.15) is 44.0 Å². The topological polar surface area (TPSA) is 57.6 Å². The first-order valence-corrected chi connectivity index (χ1v) is 7.89. The predicted molar refractivity (Wildman–Crippen MR) is 86.5 cm³/mol. The molecule has 0 aromatic heterocycles. The number of amides is 1. The lowest BCUT2D eigenvalue weighted by Gasteiger charge is -2.46. The predicted octanol–water partition coefficient (Wildman–Crippen LogP) is 4.33. The van der Waals surface area contributed by atoms with Crippen LogP contribution in [0.5, 0.6) is 0 Å². The van der Waals surface area contributed by atoms with Crippen LogP contribution in [0.2, 0.25) is 5.02 Å². The Balaban J connectivity index is 2.38. The Labute approximate surface area is 136 Å². The summed E-state index contributed by atoms with van der Waals surface area (Å²) in [6.45, 7) is 6.43. The first kappa shape index (κ1) is 16.8. The molecule has 2 rings (SSSR count). The fraction of sp³-hybridized carbons (Fsp3) is 0.529. The van der Waals surface area contributed by atoms with Gasteiger partial charge in [-0.05, 0) is 30.4 Å². The van der Waals surface area contributed by atoms with E-state index in [2.05, 4.69) is 0 Å². The minimum Gasteiger partial charge on any atom is -0.465 e. The van der Waals surface area contributed by atoms with Crippen molar-refractivity contribution < 1.29 is 14.7 Å². The third-order valence-electron chi connectivity index (χ3n) is 4.21. The van der Waals surface area contributed by atoms with Gasteiger partial charge in [-0.15, -0.1) is 0 Å². The lowest BCUT2D eigenvalue weighted by molar-refractivity contribution is 0.0234. The van der Waals surface area contributed by atoms with Crippen LogP contribution in [0.3, 0.4) is 0 Å². The summed E-state index contributed by atoms with van der Waals surface area (Å²) >= 11 is 5.98. The zero-order valence-electron chi connectivity index (χ0n) is 13.2. The monoisotopic (exact) mass is 323 g/mol. The number of carbonyl (C=O) groups excluding carboxylic acids is 1. The zero-order chi connectivity index (χ0) is 16.5. The fourth-order valence-corrected chi connectivity index (χ4v) is 3.60. The smallest absolute Gasteiger partial charge is 0.407 e. The van der Waals surface area contributed by atoms with Gasteiger partial charge in [0.15, 0.2) is 5.78 Å². The molecular formula is C17H22ClNO3. The van der Waals surface area contributed by atoms with E-state index in [0.29, 0.717) is 30.0 Å². The molecule has 5 heteroatoms. The largest absolute Gasteiger partial charge is 0.465 e. The molecule has 1 N–H and O–H groups in total. The molecule has 1 aliphatic rings. The van der Waals surface area contributed by atoms with Gasteiger partial charge in [0.05, 0.1) is 0 Å². The highest BCUT2D eigenvalue weighted by Crippen LogP contribution is 2.38. The zero-order valence-corrected chi connectivity index (χ0v) is 13.9. The number of hydrogen-bond donors (Lipinski definition) is 1. The number of Topliss-reactive ketones (excluding diaryl/α,β-unsaturated/α-hetero) is 1. The van der Waals surface area contributed by atoms with Gasteiger partial charge in [-0.3, -0.25) is 4.79 Å². The van der Waals surface area contributed by atoms with Gasteiger partial charge in [-0.1, -0.05) is 44.5 Å². The van der Waals surface area contributed by atoms with Crippen LogP contribution in [0.4, 0.5) is 4.79 Å². The van der Waals surface area contributed by atoms with Crippen molar-refractivity contribution in [2.45, 2.75) is 39.7 Å². The normalized spacial score (nSPS) is 22.5. The number of piperidine rings is 1. The van der Waals surface area contributed by atoms with Crippen molar-refractivity contribution in [2.24, 2.45) is 11.3 Å². The maximum absolute atomic E-state index is 12.9. The van der Waals surface area contributed by atoms with Crippen molar-refractivity contribution in [3.8, 4) is 0 Å². The van der Waals surface area contributed by atoms with Gasteiger partial charge >= 0.3 is 6.09 Å². The summed E-state index contributed by atoms with van der Waals surface area (Å²) in [5.74, 6) is -0.350.